The Labute approximate surface area is 186 Å². The quantitative estimate of drug-likeness (QED) is 0.497. The van der Waals surface area contributed by atoms with Gasteiger partial charge in [0.1, 0.15) is 11.6 Å². The summed E-state index contributed by atoms with van der Waals surface area (Å²) in [6.45, 7) is 2.15. The molecule has 0 radical (unpaired) electrons. The van der Waals surface area contributed by atoms with Crippen LogP contribution in [0.1, 0.15) is 39.0 Å². The van der Waals surface area contributed by atoms with E-state index in [4.69, 9.17) is 4.74 Å². The minimum absolute atomic E-state index is 0.0747. The minimum atomic E-state index is -1.13. The van der Waals surface area contributed by atoms with Crippen molar-refractivity contribution in [2.75, 3.05) is 6.61 Å². The Bertz CT molecular complexity index is 1140. The Morgan fingerprint density at radius 1 is 1.00 bits per heavy atom. The number of hydrogen-bond acceptors (Lipinski definition) is 3. The lowest BCUT2D eigenvalue weighted by Gasteiger charge is -2.23. The van der Waals surface area contributed by atoms with Gasteiger partial charge in [0.15, 0.2) is 5.78 Å². The first-order chi connectivity index (χ1) is 15.4. The van der Waals surface area contributed by atoms with Gasteiger partial charge in [-0.25, -0.2) is 4.39 Å². The van der Waals surface area contributed by atoms with E-state index in [0.717, 1.165) is 16.7 Å². The first-order valence-electron chi connectivity index (χ1n) is 10.7. The fourth-order valence-electron chi connectivity index (χ4n) is 4.36. The molecule has 1 aliphatic rings. The number of carboxylic acids is 1. The van der Waals surface area contributed by atoms with E-state index in [1.54, 1.807) is 36.4 Å². The van der Waals surface area contributed by atoms with Crippen LogP contribution in [-0.2, 0) is 24.1 Å². The Kier molecular flexibility index (Phi) is 6.08. The van der Waals surface area contributed by atoms with Gasteiger partial charge in [-0.2, -0.15) is 0 Å². The van der Waals surface area contributed by atoms with Crippen LogP contribution >= 0.6 is 0 Å². The third-order valence-corrected chi connectivity index (χ3v) is 6.23. The fourth-order valence-corrected chi connectivity index (χ4v) is 4.36. The van der Waals surface area contributed by atoms with Crippen LogP contribution in [0.5, 0.6) is 5.75 Å². The highest BCUT2D eigenvalue weighted by Crippen LogP contribution is 2.41. The molecule has 0 aliphatic heterocycles. The zero-order valence-corrected chi connectivity index (χ0v) is 17.9. The van der Waals surface area contributed by atoms with Crippen molar-refractivity contribution in [3.05, 3.63) is 100 Å². The average molecular weight is 432 g/mol. The van der Waals surface area contributed by atoms with Gasteiger partial charge >= 0.3 is 5.97 Å². The van der Waals surface area contributed by atoms with Crippen LogP contribution in [-0.4, -0.2) is 23.5 Å². The molecular formula is C27H25FO4. The molecule has 0 amide bonds. The molecule has 3 aromatic rings. The maximum absolute atomic E-state index is 13.8. The Balaban J connectivity index is 1.47. The number of aryl methyl sites for hydroxylation is 1. The number of Topliss-reactive ketones (excluding diaryl/α,β-unsaturated/α-hetero) is 1. The molecule has 0 unspecified atom stereocenters. The van der Waals surface area contributed by atoms with Crippen LogP contribution < -0.4 is 4.74 Å². The van der Waals surface area contributed by atoms with Crippen LogP contribution in [0.25, 0.3) is 0 Å². The topological polar surface area (TPSA) is 63.6 Å². The molecule has 0 fully saturated rings. The number of benzene rings is 3. The number of carbonyl (C=O) groups excluding carboxylic acids is 1. The number of ketones is 1. The van der Waals surface area contributed by atoms with E-state index in [-0.39, 0.29) is 24.6 Å². The summed E-state index contributed by atoms with van der Waals surface area (Å²) in [6, 6.07) is 19.4. The molecule has 0 spiro atoms. The smallest absolute Gasteiger partial charge is 0.310 e. The number of rotatable bonds is 8. The number of hydrogen-bond donors (Lipinski definition) is 1. The standard InChI is InChI=1S/C27H25FO4/c1-18-10-11-20(14-25(18)32-13-12-19-6-4-5-9-23(19)28)24(29)17-27(26(30)31)15-21-7-2-3-8-22(21)16-27/h2-11,14H,12-13,15-17H2,1H3,(H,30,31). The van der Waals surface area contributed by atoms with E-state index in [1.807, 2.05) is 31.2 Å². The molecule has 5 heteroatoms. The van der Waals surface area contributed by atoms with Crippen LogP contribution in [0, 0.1) is 18.2 Å². The number of halogens is 1. The predicted octanol–water partition coefficient (Wildman–Crippen LogP) is 5.20. The van der Waals surface area contributed by atoms with Gasteiger partial charge in [0, 0.05) is 18.4 Å². The van der Waals surface area contributed by atoms with Crippen molar-refractivity contribution in [3.8, 4) is 5.75 Å². The van der Waals surface area contributed by atoms with E-state index in [1.165, 1.54) is 6.07 Å². The van der Waals surface area contributed by atoms with Gasteiger partial charge in [-0.05, 0) is 54.2 Å². The van der Waals surface area contributed by atoms with Gasteiger partial charge < -0.3 is 9.84 Å². The van der Waals surface area contributed by atoms with E-state index < -0.39 is 11.4 Å². The molecule has 0 heterocycles. The lowest BCUT2D eigenvalue weighted by atomic mass is 9.79. The molecule has 3 aromatic carbocycles. The third-order valence-electron chi connectivity index (χ3n) is 6.23. The van der Waals surface area contributed by atoms with E-state index >= 15 is 0 Å². The first kappa shape index (κ1) is 21.8. The molecule has 0 bridgehead atoms. The van der Waals surface area contributed by atoms with Gasteiger partial charge in [0.05, 0.1) is 12.0 Å². The number of fused-ring (bicyclic) bond motifs is 1. The van der Waals surface area contributed by atoms with Crippen molar-refractivity contribution in [3.63, 3.8) is 0 Å². The molecule has 1 N–H and O–H groups in total. The summed E-state index contributed by atoms with van der Waals surface area (Å²) in [5.41, 5.74) is 2.70. The van der Waals surface area contributed by atoms with Crippen LogP contribution in [0.15, 0.2) is 66.7 Å². The Hall–Kier alpha value is -3.47. The maximum atomic E-state index is 13.8. The highest BCUT2D eigenvalue weighted by atomic mass is 19.1. The number of aliphatic carboxylic acids is 1. The highest BCUT2D eigenvalue weighted by molar-refractivity contribution is 5.99. The van der Waals surface area contributed by atoms with E-state index in [0.29, 0.717) is 36.1 Å². The summed E-state index contributed by atoms with van der Waals surface area (Å²) in [5, 5.41) is 9.97. The summed E-state index contributed by atoms with van der Waals surface area (Å²) >= 11 is 0. The number of carbonyl (C=O) groups is 2. The molecule has 1 aliphatic carbocycles. The van der Waals surface area contributed by atoms with Crippen LogP contribution in [0.2, 0.25) is 0 Å². The van der Waals surface area contributed by atoms with Gasteiger partial charge in [0.2, 0.25) is 0 Å². The normalized spacial score (nSPS) is 14.1. The molecule has 4 rings (SSSR count). The van der Waals surface area contributed by atoms with Gasteiger partial charge in [-0.15, -0.1) is 0 Å². The van der Waals surface area contributed by atoms with Crippen molar-refractivity contribution < 1.29 is 23.8 Å². The van der Waals surface area contributed by atoms with Crippen molar-refractivity contribution in [1.82, 2.24) is 0 Å². The van der Waals surface area contributed by atoms with Crippen LogP contribution in [0.3, 0.4) is 0 Å². The molecule has 0 aromatic heterocycles. The molecule has 0 saturated heterocycles. The second-order valence-corrected chi connectivity index (χ2v) is 8.48. The van der Waals surface area contributed by atoms with Crippen molar-refractivity contribution in [2.45, 2.75) is 32.6 Å². The maximum Gasteiger partial charge on any atom is 0.310 e. The van der Waals surface area contributed by atoms with E-state index in [9.17, 15) is 19.1 Å². The lowest BCUT2D eigenvalue weighted by molar-refractivity contribution is -0.148. The minimum Gasteiger partial charge on any atom is -0.493 e. The molecule has 164 valence electrons. The molecule has 0 saturated carbocycles. The predicted molar refractivity (Wildman–Crippen MR) is 120 cm³/mol. The van der Waals surface area contributed by atoms with Gasteiger partial charge in [-0.1, -0.05) is 54.6 Å². The monoisotopic (exact) mass is 432 g/mol. The van der Waals surface area contributed by atoms with Gasteiger partial charge in [0.25, 0.3) is 0 Å². The summed E-state index contributed by atoms with van der Waals surface area (Å²) in [7, 11) is 0. The summed E-state index contributed by atoms with van der Waals surface area (Å²) in [4.78, 5) is 25.3. The zero-order chi connectivity index (χ0) is 22.7. The fraction of sp³-hybridized carbons (Fsp3) is 0.259. The molecule has 32 heavy (non-hydrogen) atoms. The lowest BCUT2D eigenvalue weighted by Crippen LogP contribution is -2.34. The summed E-state index contributed by atoms with van der Waals surface area (Å²) < 4.78 is 19.7. The summed E-state index contributed by atoms with van der Waals surface area (Å²) in [5.74, 6) is -0.894. The first-order valence-corrected chi connectivity index (χ1v) is 10.7. The SMILES string of the molecule is Cc1ccc(C(=O)CC2(C(=O)O)Cc3ccccc3C2)cc1OCCc1ccccc1F. The van der Waals surface area contributed by atoms with Crippen molar-refractivity contribution >= 4 is 11.8 Å². The molecule has 4 nitrogen and oxygen atoms in total. The van der Waals surface area contributed by atoms with E-state index in [2.05, 4.69) is 0 Å². The third kappa shape index (κ3) is 4.42. The second-order valence-electron chi connectivity index (χ2n) is 8.48. The van der Waals surface area contributed by atoms with Crippen molar-refractivity contribution in [2.24, 2.45) is 5.41 Å². The van der Waals surface area contributed by atoms with Gasteiger partial charge in [-0.3, -0.25) is 9.59 Å². The highest BCUT2D eigenvalue weighted by Gasteiger charge is 2.45. The number of ether oxygens (including phenoxy) is 1. The number of carboxylic acid groups (broad SMARTS) is 1. The second kappa shape index (κ2) is 8.95. The van der Waals surface area contributed by atoms with Crippen molar-refractivity contribution in [1.29, 1.82) is 0 Å². The Morgan fingerprint density at radius 2 is 1.66 bits per heavy atom. The largest absolute Gasteiger partial charge is 0.493 e. The Morgan fingerprint density at radius 3 is 2.31 bits per heavy atom. The molecular weight excluding hydrogens is 407 g/mol. The average Bonchev–Trinajstić information content (AvgIpc) is 3.16. The molecule has 0 atom stereocenters. The zero-order valence-electron chi connectivity index (χ0n) is 17.9. The summed E-state index contributed by atoms with van der Waals surface area (Å²) in [6.07, 6.45) is 1.03. The van der Waals surface area contributed by atoms with Crippen LogP contribution in [0.4, 0.5) is 4.39 Å².